The van der Waals surface area contributed by atoms with Crippen molar-refractivity contribution in [1.29, 1.82) is 0 Å². The van der Waals surface area contributed by atoms with E-state index in [1.807, 2.05) is 42.1 Å². The molecule has 3 aromatic rings. The van der Waals surface area contributed by atoms with Crippen LogP contribution in [0.1, 0.15) is 5.69 Å². The molecule has 0 spiro atoms. The molecule has 0 atom stereocenters. The van der Waals surface area contributed by atoms with Crippen LogP contribution in [0.5, 0.6) is 11.5 Å². The number of benzene rings is 2. The highest BCUT2D eigenvalue weighted by Gasteiger charge is 2.08. The Balaban J connectivity index is 1.86. The molecule has 4 heteroatoms. The lowest BCUT2D eigenvalue weighted by molar-refractivity contribution is 0.299. The van der Waals surface area contributed by atoms with E-state index >= 15 is 0 Å². The molecule has 0 aliphatic carbocycles. The first-order valence-electron chi connectivity index (χ1n) is 6.06. The van der Waals surface area contributed by atoms with Crippen molar-refractivity contribution in [3.05, 3.63) is 54.2 Å². The Morgan fingerprint density at radius 1 is 1.16 bits per heavy atom. The smallest absolute Gasteiger partial charge is 0.133 e. The van der Waals surface area contributed by atoms with Gasteiger partial charge in [0.2, 0.25) is 0 Å². The summed E-state index contributed by atoms with van der Waals surface area (Å²) in [6, 6.07) is 14.8. The normalized spacial score (nSPS) is 10.8. The number of fused-ring (bicyclic) bond motifs is 1. The third-order valence-corrected chi connectivity index (χ3v) is 3.03. The average molecular weight is 254 g/mol. The standard InChI is InChI=1S/C15H14N2O2/c1-17-15-8-3-2-7-13(15)14(16-17)10-19-12-6-4-5-11(18)9-12/h2-9,18H,10H2,1H3. The molecule has 2 aromatic carbocycles. The fourth-order valence-electron chi connectivity index (χ4n) is 2.12. The molecule has 1 N–H and O–H groups in total. The van der Waals surface area contributed by atoms with Gasteiger partial charge in [-0.2, -0.15) is 5.10 Å². The predicted molar refractivity (Wildman–Crippen MR) is 73.2 cm³/mol. The lowest BCUT2D eigenvalue weighted by Crippen LogP contribution is -1.98. The Kier molecular flexibility index (Phi) is 2.83. The third-order valence-electron chi connectivity index (χ3n) is 3.03. The molecule has 0 saturated heterocycles. The maximum atomic E-state index is 9.39. The molecule has 0 amide bonds. The molecule has 19 heavy (non-hydrogen) atoms. The number of ether oxygens (including phenoxy) is 1. The quantitative estimate of drug-likeness (QED) is 0.781. The summed E-state index contributed by atoms with van der Waals surface area (Å²) in [6.45, 7) is 0.380. The SMILES string of the molecule is Cn1nc(COc2cccc(O)c2)c2ccccc21. The highest BCUT2D eigenvalue weighted by molar-refractivity contribution is 5.81. The first-order valence-corrected chi connectivity index (χ1v) is 6.06. The van der Waals surface area contributed by atoms with Crippen molar-refractivity contribution < 1.29 is 9.84 Å². The van der Waals surface area contributed by atoms with Crippen molar-refractivity contribution >= 4 is 10.9 Å². The first-order chi connectivity index (χ1) is 9.24. The molecule has 0 saturated carbocycles. The van der Waals surface area contributed by atoms with E-state index in [1.165, 1.54) is 0 Å². The van der Waals surface area contributed by atoms with Gasteiger partial charge in [-0.3, -0.25) is 4.68 Å². The summed E-state index contributed by atoms with van der Waals surface area (Å²) in [5, 5.41) is 14.9. The van der Waals surface area contributed by atoms with Crippen LogP contribution in [0.15, 0.2) is 48.5 Å². The number of rotatable bonds is 3. The van der Waals surface area contributed by atoms with Gasteiger partial charge in [0, 0.05) is 18.5 Å². The maximum absolute atomic E-state index is 9.39. The largest absolute Gasteiger partial charge is 0.508 e. The fourth-order valence-corrected chi connectivity index (χ4v) is 2.12. The van der Waals surface area contributed by atoms with Crippen molar-refractivity contribution in [3.63, 3.8) is 0 Å². The van der Waals surface area contributed by atoms with Crippen molar-refractivity contribution in [2.24, 2.45) is 7.05 Å². The average Bonchev–Trinajstić information content (AvgIpc) is 2.74. The summed E-state index contributed by atoms with van der Waals surface area (Å²) in [5.74, 6) is 0.832. The summed E-state index contributed by atoms with van der Waals surface area (Å²) in [5.41, 5.74) is 1.97. The summed E-state index contributed by atoms with van der Waals surface area (Å²) < 4.78 is 7.50. The zero-order valence-corrected chi connectivity index (χ0v) is 10.6. The minimum Gasteiger partial charge on any atom is -0.508 e. The van der Waals surface area contributed by atoms with Gasteiger partial charge in [-0.1, -0.05) is 24.3 Å². The van der Waals surface area contributed by atoms with Crippen molar-refractivity contribution in [1.82, 2.24) is 9.78 Å². The maximum Gasteiger partial charge on any atom is 0.133 e. The van der Waals surface area contributed by atoms with Gasteiger partial charge in [0.15, 0.2) is 0 Å². The Bertz CT molecular complexity index is 719. The van der Waals surface area contributed by atoms with Gasteiger partial charge in [0.25, 0.3) is 0 Å². The zero-order valence-electron chi connectivity index (χ0n) is 10.6. The number of hydrogen-bond donors (Lipinski definition) is 1. The van der Waals surface area contributed by atoms with E-state index in [1.54, 1.807) is 18.2 Å². The molecule has 0 aliphatic rings. The van der Waals surface area contributed by atoms with Crippen LogP contribution in [-0.4, -0.2) is 14.9 Å². The zero-order chi connectivity index (χ0) is 13.2. The first kappa shape index (κ1) is 11.6. The lowest BCUT2D eigenvalue weighted by atomic mass is 10.2. The van der Waals surface area contributed by atoms with Crippen LogP contribution in [0.4, 0.5) is 0 Å². The predicted octanol–water partition coefficient (Wildman–Crippen LogP) is 2.86. The Morgan fingerprint density at radius 2 is 2.00 bits per heavy atom. The number of aryl methyl sites for hydroxylation is 1. The molecule has 96 valence electrons. The second-order valence-corrected chi connectivity index (χ2v) is 4.37. The number of phenols is 1. The van der Waals surface area contributed by atoms with Gasteiger partial charge in [0.1, 0.15) is 23.8 Å². The molecule has 4 nitrogen and oxygen atoms in total. The van der Waals surface area contributed by atoms with E-state index in [2.05, 4.69) is 5.10 Å². The van der Waals surface area contributed by atoms with E-state index in [-0.39, 0.29) is 5.75 Å². The third kappa shape index (κ3) is 2.25. The monoisotopic (exact) mass is 254 g/mol. The van der Waals surface area contributed by atoms with Crippen LogP contribution >= 0.6 is 0 Å². The Hall–Kier alpha value is -2.49. The number of para-hydroxylation sites is 1. The minimum atomic E-state index is 0.198. The second kappa shape index (κ2) is 4.65. The molecule has 3 rings (SSSR count). The van der Waals surface area contributed by atoms with E-state index in [9.17, 15) is 5.11 Å². The molecule has 1 aromatic heterocycles. The van der Waals surface area contributed by atoms with E-state index in [4.69, 9.17) is 4.74 Å². The van der Waals surface area contributed by atoms with Gasteiger partial charge in [0.05, 0.1) is 5.52 Å². The molecular formula is C15H14N2O2. The van der Waals surface area contributed by atoms with Crippen LogP contribution in [0.25, 0.3) is 10.9 Å². The summed E-state index contributed by atoms with van der Waals surface area (Å²) in [7, 11) is 1.92. The molecule has 0 aliphatic heterocycles. The van der Waals surface area contributed by atoms with Crippen LogP contribution in [0.2, 0.25) is 0 Å². The Labute approximate surface area is 110 Å². The molecule has 1 heterocycles. The van der Waals surface area contributed by atoms with Gasteiger partial charge in [-0.25, -0.2) is 0 Å². The lowest BCUT2D eigenvalue weighted by Gasteiger charge is -2.04. The van der Waals surface area contributed by atoms with Gasteiger partial charge >= 0.3 is 0 Å². The molecular weight excluding hydrogens is 240 g/mol. The van der Waals surface area contributed by atoms with Crippen molar-refractivity contribution in [2.45, 2.75) is 6.61 Å². The molecule has 0 radical (unpaired) electrons. The van der Waals surface area contributed by atoms with E-state index < -0.39 is 0 Å². The molecule has 0 bridgehead atoms. The summed E-state index contributed by atoms with van der Waals surface area (Å²) >= 11 is 0. The number of aromatic hydroxyl groups is 1. The highest BCUT2D eigenvalue weighted by Crippen LogP contribution is 2.21. The Morgan fingerprint density at radius 3 is 2.84 bits per heavy atom. The van der Waals surface area contributed by atoms with Crippen LogP contribution in [-0.2, 0) is 13.7 Å². The van der Waals surface area contributed by atoms with Crippen molar-refractivity contribution in [3.8, 4) is 11.5 Å². The van der Waals surface area contributed by atoms with Crippen LogP contribution in [0.3, 0.4) is 0 Å². The van der Waals surface area contributed by atoms with Crippen LogP contribution < -0.4 is 4.74 Å². The van der Waals surface area contributed by atoms with E-state index in [0.717, 1.165) is 16.6 Å². The molecule has 0 unspecified atom stereocenters. The number of phenolic OH excluding ortho intramolecular Hbond substituents is 1. The highest BCUT2D eigenvalue weighted by atomic mass is 16.5. The second-order valence-electron chi connectivity index (χ2n) is 4.37. The topological polar surface area (TPSA) is 47.3 Å². The van der Waals surface area contributed by atoms with Crippen molar-refractivity contribution in [2.75, 3.05) is 0 Å². The van der Waals surface area contributed by atoms with Gasteiger partial charge < -0.3 is 9.84 Å². The number of nitrogens with zero attached hydrogens (tertiary/aromatic N) is 2. The van der Waals surface area contributed by atoms with Gasteiger partial charge in [-0.05, 0) is 18.2 Å². The minimum absolute atomic E-state index is 0.198. The number of aromatic nitrogens is 2. The summed E-state index contributed by atoms with van der Waals surface area (Å²) in [6.07, 6.45) is 0. The fraction of sp³-hybridized carbons (Fsp3) is 0.133. The molecule has 0 fully saturated rings. The van der Waals surface area contributed by atoms with Crippen LogP contribution in [0, 0.1) is 0 Å². The van der Waals surface area contributed by atoms with Gasteiger partial charge in [-0.15, -0.1) is 0 Å². The van der Waals surface area contributed by atoms with E-state index in [0.29, 0.717) is 12.4 Å². The summed E-state index contributed by atoms with van der Waals surface area (Å²) in [4.78, 5) is 0. The number of hydrogen-bond acceptors (Lipinski definition) is 3.